The van der Waals surface area contributed by atoms with Crippen molar-refractivity contribution >= 4 is 5.97 Å². The van der Waals surface area contributed by atoms with Gasteiger partial charge < -0.3 is 26.4 Å². The summed E-state index contributed by atoms with van der Waals surface area (Å²) in [6, 6.07) is 1.42. The maximum absolute atomic E-state index is 13.1. The Hall–Kier alpha value is -1.64. The minimum Gasteiger partial charge on any atom is -1.00 e. The molecule has 0 aliphatic carbocycles. The number of unbranched alkanes of at least 4 members (excludes halogenated alkanes) is 13. The number of carbonyl (C=O) groups is 1. The molecule has 1 aromatic heterocycles. The molecule has 0 aliphatic heterocycles. The van der Waals surface area contributed by atoms with Gasteiger partial charge in [-0.25, -0.2) is 4.79 Å². The first-order valence-electron chi connectivity index (χ1n) is 16.0. The number of aromatic nitrogens is 2. The molecule has 0 amide bonds. The number of carbonyl (C=O) groups excluding carboxylic acids is 1. The van der Waals surface area contributed by atoms with Gasteiger partial charge in [0.15, 0.2) is 0 Å². The van der Waals surface area contributed by atoms with Crippen LogP contribution in [0.15, 0.2) is 21.9 Å². The smallest absolute Gasteiger partial charge is 0.333 e. The largest absolute Gasteiger partial charge is 1.00 e. The van der Waals surface area contributed by atoms with Crippen molar-refractivity contribution in [2.45, 2.75) is 142 Å². The van der Waals surface area contributed by atoms with Crippen LogP contribution in [0.25, 0.3) is 0 Å². The summed E-state index contributed by atoms with van der Waals surface area (Å²) in [6.07, 6.45) is 20.1. The molecule has 9 heteroatoms. The Morgan fingerprint density at radius 2 is 1.37 bits per heavy atom. The predicted molar refractivity (Wildman–Crippen MR) is 164 cm³/mol. The van der Waals surface area contributed by atoms with E-state index in [1.54, 1.807) is 0 Å². The Labute approximate surface area is 255 Å². The molecule has 2 unspecified atom stereocenters. The molecule has 0 N–H and O–H groups in total. The number of nitrogens with zero attached hydrogens (tertiary/aromatic N) is 3. The number of hydrogen-bond acceptors (Lipinski definition) is 5. The highest BCUT2D eigenvalue weighted by molar-refractivity contribution is 5.66. The van der Waals surface area contributed by atoms with E-state index in [1.807, 2.05) is 28.1 Å². The number of likely N-dealkylation sites (N-methyl/N-ethyl adjacent to an activating group) is 1. The molecular formula is C32H60ClN3O5. The first kappa shape index (κ1) is 39.4. The molecular weight excluding hydrogens is 542 g/mol. The average molecular weight is 602 g/mol. The fourth-order valence-corrected chi connectivity index (χ4v) is 4.95. The highest BCUT2D eigenvalue weighted by atomic mass is 35.5. The van der Waals surface area contributed by atoms with Crippen molar-refractivity contribution in [3.8, 4) is 0 Å². The third-order valence-corrected chi connectivity index (χ3v) is 7.44. The lowest BCUT2D eigenvalue weighted by atomic mass is 10.0. The van der Waals surface area contributed by atoms with Crippen molar-refractivity contribution in [2.75, 3.05) is 34.3 Å². The number of rotatable bonds is 24. The molecule has 0 aliphatic rings. The summed E-state index contributed by atoms with van der Waals surface area (Å²) in [5.41, 5.74) is -0.677. The molecule has 240 valence electrons. The van der Waals surface area contributed by atoms with E-state index in [9.17, 15) is 14.4 Å². The van der Waals surface area contributed by atoms with Crippen LogP contribution in [0.4, 0.5) is 0 Å². The van der Waals surface area contributed by atoms with Crippen LogP contribution in [0, 0.1) is 0 Å². The molecule has 0 bridgehead atoms. The van der Waals surface area contributed by atoms with Gasteiger partial charge in [0.25, 0.3) is 5.56 Å². The van der Waals surface area contributed by atoms with Gasteiger partial charge in [0, 0.05) is 19.2 Å². The van der Waals surface area contributed by atoms with Crippen molar-refractivity contribution in [3.63, 3.8) is 0 Å². The van der Waals surface area contributed by atoms with E-state index in [-0.39, 0.29) is 42.3 Å². The Morgan fingerprint density at radius 1 is 0.854 bits per heavy atom. The van der Waals surface area contributed by atoms with Crippen molar-refractivity contribution in [3.05, 3.63) is 33.1 Å². The second-order valence-electron chi connectivity index (χ2n) is 12.3. The van der Waals surface area contributed by atoms with E-state index in [1.165, 1.54) is 105 Å². The van der Waals surface area contributed by atoms with Crippen LogP contribution in [0.2, 0.25) is 0 Å². The van der Waals surface area contributed by atoms with Crippen LogP contribution >= 0.6 is 0 Å². The van der Waals surface area contributed by atoms with Gasteiger partial charge in [-0.1, -0.05) is 97.3 Å². The first-order chi connectivity index (χ1) is 19.1. The Morgan fingerprint density at radius 3 is 1.83 bits per heavy atom. The quantitative estimate of drug-likeness (QED) is 0.103. The zero-order valence-corrected chi connectivity index (χ0v) is 27.8. The molecule has 0 fully saturated rings. The third kappa shape index (κ3) is 18.5. The molecule has 0 aromatic carbocycles. The predicted octanol–water partition coefficient (Wildman–Crippen LogP) is 3.45. The van der Waals surface area contributed by atoms with Crippen LogP contribution in [0.1, 0.15) is 130 Å². The second-order valence-corrected chi connectivity index (χ2v) is 12.3. The molecule has 1 rings (SSSR count). The highest BCUT2D eigenvalue weighted by Crippen LogP contribution is 2.17. The lowest BCUT2D eigenvalue weighted by Crippen LogP contribution is -3.00. The van der Waals surface area contributed by atoms with E-state index < -0.39 is 6.23 Å². The number of hydrogen-bond donors (Lipinski definition) is 0. The molecule has 8 nitrogen and oxygen atoms in total. The number of quaternary nitrogens is 1. The molecule has 41 heavy (non-hydrogen) atoms. The van der Waals surface area contributed by atoms with Gasteiger partial charge in [-0.3, -0.25) is 18.7 Å². The van der Waals surface area contributed by atoms with Crippen molar-refractivity contribution in [1.82, 2.24) is 9.13 Å². The average Bonchev–Trinajstić information content (AvgIpc) is 2.88. The molecule has 0 saturated heterocycles. The molecule has 1 heterocycles. The van der Waals surface area contributed by atoms with Gasteiger partial charge >= 0.3 is 11.7 Å². The maximum Gasteiger partial charge on any atom is 0.333 e. The summed E-state index contributed by atoms with van der Waals surface area (Å²) in [5, 5.41) is 0. The topological polar surface area (TPSA) is 79.5 Å². The minimum atomic E-state index is -0.530. The van der Waals surface area contributed by atoms with Crippen LogP contribution in [0.5, 0.6) is 0 Å². The summed E-state index contributed by atoms with van der Waals surface area (Å²) in [4.78, 5) is 37.2. The minimum absolute atomic E-state index is 0. The van der Waals surface area contributed by atoms with Crippen molar-refractivity contribution < 1.29 is 31.2 Å². The van der Waals surface area contributed by atoms with E-state index >= 15 is 0 Å². The van der Waals surface area contributed by atoms with Crippen LogP contribution < -0.4 is 23.7 Å². The van der Waals surface area contributed by atoms with Crippen LogP contribution in [-0.4, -0.2) is 60.0 Å². The Bertz CT molecular complexity index is 925. The zero-order valence-electron chi connectivity index (χ0n) is 27.0. The van der Waals surface area contributed by atoms with Crippen molar-refractivity contribution in [1.29, 1.82) is 0 Å². The zero-order chi connectivity index (χ0) is 29.8. The summed E-state index contributed by atoms with van der Waals surface area (Å²) >= 11 is 0. The van der Waals surface area contributed by atoms with Gasteiger partial charge in [0.2, 0.25) is 0 Å². The summed E-state index contributed by atoms with van der Waals surface area (Å²) < 4.78 is 15.0. The van der Waals surface area contributed by atoms with Gasteiger partial charge in [-0.05, 0) is 19.3 Å². The first-order valence-corrected chi connectivity index (χ1v) is 16.0. The standard InChI is InChI=1S/C32H60N3O5.ClH/c1-7-9-10-11-12-13-14-15-16-17-18-19-20-21-22-29(40-28(3)36)27-39-31(8-2)34-24-23-30(37)33(32(34)38)25-26-35(4,5)6;/h23-24,29,31H,7-22,25-27H2,1-6H3;1H/q+1;/p-1. The van der Waals surface area contributed by atoms with E-state index in [4.69, 9.17) is 9.47 Å². The maximum atomic E-state index is 13.1. The SMILES string of the molecule is CCCCCCCCCCCCCCCCC(COC(CC)n1ccc(=O)n(CC[N+](C)(C)C)c1=O)OC(C)=O.[Cl-]. The molecule has 0 radical (unpaired) electrons. The Kier molecular flexibility index (Phi) is 22.0. The fourth-order valence-electron chi connectivity index (χ4n) is 4.95. The number of esters is 1. The lowest BCUT2D eigenvalue weighted by molar-refractivity contribution is -0.871. The number of ether oxygens (including phenoxy) is 2. The highest BCUT2D eigenvalue weighted by Gasteiger charge is 2.19. The van der Waals surface area contributed by atoms with E-state index in [2.05, 4.69) is 6.92 Å². The van der Waals surface area contributed by atoms with Gasteiger partial charge in [0.1, 0.15) is 12.3 Å². The molecule has 0 saturated carbocycles. The van der Waals surface area contributed by atoms with Gasteiger partial charge in [-0.15, -0.1) is 0 Å². The monoisotopic (exact) mass is 601 g/mol. The van der Waals surface area contributed by atoms with E-state index in [0.717, 1.165) is 19.3 Å². The van der Waals surface area contributed by atoms with Crippen LogP contribution in [0.3, 0.4) is 0 Å². The molecule has 0 spiro atoms. The number of halogens is 1. The molecule has 2 atom stereocenters. The van der Waals surface area contributed by atoms with Crippen molar-refractivity contribution in [2.24, 2.45) is 0 Å². The van der Waals surface area contributed by atoms with Gasteiger partial charge in [0.05, 0.1) is 40.8 Å². The third-order valence-electron chi connectivity index (χ3n) is 7.44. The summed E-state index contributed by atoms with van der Waals surface area (Å²) in [7, 11) is 6.08. The van der Waals surface area contributed by atoms with Gasteiger partial charge in [-0.2, -0.15) is 0 Å². The molecule has 1 aromatic rings. The Balaban J connectivity index is 0.0000160. The van der Waals surface area contributed by atoms with Crippen LogP contribution in [-0.2, 0) is 20.8 Å². The fraction of sp³-hybridized carbons (Fsp3) is 0.844. The normalized spacial score (nSPS) is 13.0. The second kappa shape index (κ2) is 22.9. The summed E-state index contributed by atoms with van der Waals surface area (Å²) in [5.74, 6) is -0.321. The van der Waals surface area contributed by atoms with E-state index in [0.29, 0.717) is 24.0 Å². The lowest BCUT2D eigenvalue weighted by Gasteiger charge is -2.25. The summed E-state index contributed by atoms with van der Waals surface area (Å²) in [6.45, 7) is 6.84.